The van der Waals surface area contributed by atoms with Crippen LogP contribution in [0.1, 0.15) is 53.0 Å². The molecule has 12 nitrogen and oxygen atoms in total. The number of fused-ring (bicyclic) bond motifs is 2. The van der Waals surface area contributed by atoms with Gasteiger partial charge in [0.15, 0.2) is 5.65 Å². The first-order chi connectivity index (χ1) is 22.7. The zero-order chi connectivity index (χ0) is 33.1. The van der Waals surface area contributed by atoms with Crippen molar-refractivity contribution < 1.29 is 19.1 Å². The predicted molar refractivity (Wildman–Crippen MR) is 181 cm³/mol. The number of aryl methyl sites for hydroxylation is 1. The van der Waals surface area contributed by atoms with Gasteiger partial charge in [-0.1, -0.05) is 48.9 Å². The van der Waals surface area contributed by atoms with Gasteiger partial charge in [0.1, 0.15) is 30.6 Å². The van der Waals surface area contributed by atoms with E-state index in [9.17, 15) is 9.59 Å². The normalized spacial score (nSPS) is 19.3. The Bertz CT molecular complexity index is 1730. The summed E-state index contributed by atoms with van der Waals surface area (Å²) < 4.78 is 13.8. The van der Waals surface area contributed by atoms with Crippen LogP contribution in [0.25, 0.3) is 5.65 Å². The second-order valence-electron chi connectivity index (χ2n) is 12.4. The molecule has 2 bridgehead atoms. The van der Waals surface area contributed by atoms with E-state index in [1.807, 2.05) is 86.1 Å². The predicted octanol–water partition coefficient (Wildman–Crippen LogP) is 4.27. The second-order valence-corrected chi connectivity index (χ2v) is 12.4. The Morgan fingerprint density at radius 3 is 2.60 bits per heavy atom. The molecule has 2 amide bonds. The van der Waals surface area contributed by atoms with Gasteiger partial charge in [0.2, 0.25) is 0 Å². The van der Waals surface area contributed by atoms with E-state index in [4.69, 9.17) is 25.3 Å². The van der Waals surface area contributed by atoms with Gasteiger partial charge in [0.05, 0.1) is 23.8 Å². The van der Waals surface area contributed by atoms with Crippen LogP contribution in [0.5, 0.6) is 5.75 Å². The van der Waals surface area contributed by atoms with Crippen LogP contribution in [-0.4, -0.2) is 95.9 Å². The molecule has 2 atom stereocenters. The van der Waals surface area contributed by atoms with Gasteiger partial charge in [0.25, 0.3) is 5.91 Å². The lowest BCUT2D eigenvalue weighted by Crippen LogP contribution is -2.40. The average molecular weight is 641 g/mol. The van der Waals surface area contributed by atoms with Gasteiger partial charge >= 0.3 is 6.09 Å². The number of aromatic nitrogens is 3. The standard InChI is InChI=1S/C35H44N8O4/c1-5-29-28-20-32-37-31(42-14-13-26(36)22-42)21-33(43(32)38-28)39(3)15-16-41(35(45)47-23-25-9-7-6-8-10-25)17-18-46-30-12-11-24(2)19-27(30)34(44)40(29)4/h6-12,19-21,26,29H,5,13-18,22-23,36H2,1-4H3/t26-,29-/m0/s1. The monoisotopic (exact) mass is 640 g/mol. The molecule has 1 fully saturated rings. The minimum Gasteiger partial charge on any atom is -0.491 e. The number of likely N-dealkylation sites (N-methyl/N-ethyl adjacent to an activating group) is 1. The molecule has 0 saturated carbocycles. The van der Waals surface area contributed by atoms with Gasteiger partial charge < -0.3 is 34.8 Å². The van der Waals surface area contributed by atoms with Gasteiger partial charge in [-0.3, -0.25) is 4.79 Å². The molecule has 0 spiro atoms. The van der Waals surface area contributed by atoms with E-state index in [1.54, 1.807) is 16.8 Å². The number of carbonyl (C=O) groups is 2. The van der Waals surface area contributed by atoms with Gasteiger partial charge in [-0.25, -0.2) is 9.78 Å². The SMILES string of the molecule is CC[C@H]1c2cc3nc(N4CC[C@H](N)C4)cc(n3n2)N(C)CCN(C(=O)OCc2ccccc2)CCOc2ccc(C)cc2C(=O)N1C. The highest BCUT2D eigenvalue weighted by Crippen LogP contribution is 2.31. The fraction of sp³-hybridized carbons (Fsp3) is 0.429. The molecule has 1 saturated heterocycles. The summed E-state index contributed by atoms with van der Waals surface area (Å²) in [4.78, 5) is 40.2. The van der Waals surface area contributed by atoms with Gasteiger partial charge in [0, 0.05) is 58.4 Å². The van der Waals surface area contributed by atoms with Crippen molar-refractivity contribution in [2.24, 2.45) is 5.73 Å². The minimum atomic E-state index is -0.439. The van der Waals surface area contributed by atoms with Crippen LogP contribution >= 0.6 is 0 Å². The molecule has 0 aliphatic carbocycles. The van der Waals surface area contributed by atoms with Crippen molar-refractivity contribution in [1.82, 2.24) is 24.4 Å². The number of benzene rings is 2. The fourth-order valence-corrected chi connectivity index (χ4v) is 6.26. The second kappa shape index (κ2) is 13.9. The summed E-state index contributed by atoms with van der Waals surface area (Å²) in [6.45, 7) is 7.04. The molecule has 12 heteroatoms. The smallest absolute Gasteiger partial charge is 0.410 e. The van der Waals surface area contributed by atoms with Crippen molar-refractivity contribution in [3.05, 3.63) is 83.0 Å². The Morgan fingerprint density at radius 1 is 1.04 bits per heavy atom. The summed E-state index contributed by atoms with van der Waals surface area (Å²) in [5.74, 6) is 1.95. The molecule has 2 aliphatic heterocycles. The number of nitrogens with two attached hydrogens (primary N) is 1. The topological polar surface area (TPSA) is 122 Å². The summed E-state index contributed by atoms with van der Waals surface area (Å²) >= 11 is 0. The van der Waals surface area contributed by atoms with E-state index in [0.717, 1.165) is 48.0 Å². The van der Waals surface area contributed by atoms with E-state index < -0.39 is 6.09 Å². The number of ether oxygens (including phenoxy) is 2. The van der Waals surface area contributed by atoms with Crippen molar-refractivity contribution in [3.63, 3.8) is 0 Å². The van der Waals surface area contributed by atoms with E-state index in [1.165, 1.54) is 0 Å². The maximum absolute atomic E-state index is 14.1. The Balaban J connectivity index is 1.39. The molecule has 0 unspecified atom stereocenters. The Hall–Kier alpha value is -4.84. The molecule has 6 rings (SSSR count). The molecule has 248 valence electrons. The van der Waals surface area contributed by atoms with E-state index in [0.29, 0.717) is 36.5 Å². The lowest BCUT2D eigenvalue weighted by atomic mass is 10.1. The number of nitrogens with zero attached hydrogens (tertiary/aromatic N) is 7. The quantitative estimate of drug-likeness (QED) is 0.349. The van der Waals surface area contributed by atoms with Crippen LogP contribution in [0.15, 0.2) is 60.7 Å². The molecular weight excluding hydrogens is 596 g/mol. The van der Waals surface area contributed by atoms with Gasteiger partial charge in [-0.2, -0.15) is 9.61 Å². The lowest BCUT2D eigenvalue weighted by Gasteiger charge is -2.29. The fourth-order valence-electron chi connectivity index (χ4n) is 6.26. The number of amides is 2. The van der Waals surface area contributed by atoms with E-state index >= 15 is 0 Å². The Kier molecular flexibility index (Phi) is 9.48. The third-order valence-corrected chi connectivity index (χ3v) is 9.02. The van der Waals surface area contributed by atoms with Crippen molar-refractivity contribution in [2.75, 3.05) is 63.2 Å². The molecule has 2 aromatic heterocycles. The van der Waals surface area contributed by atoms with Crippen LogP contribution in [0.3, 0.4) is 0 Å². The van der Waals surface area contributed by atoms with Crippen molar-refractivity contribution in [1.29, 1.82) is 0 Å². The van der Waals surface area contributed by atoms with Crippen molar-refractivity contribution in [3.8, 4) is 5.75 Å². The molecule has 0 radical (unpaired) electrons. The molecule has 2 aromatic carbocycles. The van der Waals surface area contributed by atoms with Crippen molar-refractivity contribution >= 4 is 29.3 Å². The summed E-state index contributed by atoms with van der Waals surface area (Å²) in [5.41, 5.74) is 10.0. The molecule has 2 N–H and O–H groups in total. The zero-order valence-corrected chi connectivity index (χ0v) is 27.6. The van der Waals surface area contributed by atoms with Crippen LogP contribution in [0.2, 0.25) is 0 Å². The first-order valence-electron chi connectivity index (χ1n) is 16.3. The number of hydrogen-bond donors (Lipinski definition) is 1. The first-order valence-corrected chi connectivity index (χ1v) is 16.3. The minimum absolute atomic E-state index is 0.0949. The number of rotatable bonds is 4. The number of hydrogen-bond acceptors (Lipinski definition) is 9. The molecule has 2 aliphatic rings. The van der Waals surface area contributed by atoms with Crippen molar-refractivity contribution in [2.45, 2.75) is 45.4 Å². The third kappa shape index (κ3) is 6.97. The van der Waals surface area contributed by atoms with E-state index in [-0.39, 0.29) is 37.7 Å². The number of anilines is 2. The lowest BCUT2D eigenvalue weighted by molar-refractivity contribution is 0.0714. The molecule has 4 heterocycles. The highest BCUT2D eigenvalue weighted by atomic mass is 16.6. The third-order valence-electron chi connectivity index (χ3n) is 9.02. The Morgan fingerprint density at radius 2 is 1.85 bits per heavy atom. The highest BCUT2D eigenvalue weighted by molar-refractivity contribution is 5.97. The average Bonchev–Trinajstić information content (AvgIpc) is 3.71. The van der Waals surface area contributed by atoms with Crippen LogP contribution in [0.4, 0.5) is 16.4 Å². The first kappa shape index (κ1) is 32.1. The highest BCUT2D eigenvalue weighted by Gasteiger charge is 2.29. The summed E-state index contributed by atoms with van der Waals surface area (Å²) in [6.07, 6.45) is 1.12. The maximum atomic E-state index is 14.1. The number of carbonyl (C=O) groups excluding carboxylic acids is 2. The summed E-state index contributed by atoms with van der Waals surface area (Å²) in [5, 5.41) is 5.02. The van der Waals surface area contributed by atoms with Crippen LogP contribution in [-0.2, 0) is 11.3 Å². The van der Waals surface area contributed by atoms with Gasteiger partial charge in [-0.05, 0) is 37.5 Å². The van der Waals surface area contributed by atoms with E-state index in [2.05, 4.69) is 9.80 Å². The molecule has 47 heavy (non-hydrogen) atoms. The Labute approximate surface area is 275 Å². The molecular formula is C35H44N8O4. The zero-order valence-electron chi connectivity index (χ0n) is 27.6. The molecule has 4 aromatic rings. The summed E-state index contributed by atoms with van der Waals surface area (Å²) in [6, 6.07) is 19.0. The van der Waals surface area contributed by atoms with Crippen LogP contribution < -0.4 is 20.3 Å². The maximum Gasteiger partial charge on any atom is 0.410 e. The van der Waals surface area contributed by atoms with Crippen LogP contribution in [0, 0.1) is 6.92 Å². The summed E-state index contributed by atoms with van der Waals surface area (Å²) in [7, 11) is 3.78. The largest absolute Gasteiger partial charge is 0.491 e. The van der Waals surface area contributed by atoms with Gasteiger partial charge in [-0.15, -0.1) is 0 Å².